The van der Waals surface area contributed by atoms with Gasteiger partial charge in [0.1, 0.15) is 12.2 Å². The molecule has 6 heteroatoms. The van der Waals surface area contributed by atoms with Crippen molar-refractivity contribution in [1.82, 2.24) is 5.32 Å². The minimum absolute atomic E-state index is 0.372. The number of aliphatic hydroxyl groups excluding tert-OH is 4. The molecule has 6 nitrogen and oxygen atoms in total. The molecular formula is C63H125NO5. The third kappa shape index (κ3) is 51.7. The highest BCUT2D eigenvalue weighted by atomic mass is 16.3. The Labute approximate surface area is 432 Å². The molecule has 0 saturated carbocycles. The third-order valence-electron chi connectivity index (χ3n) is 15.2. The number of hydrogen-bond donors (Lipinski definition) is 5. The van der Waals surface area contributed by atoms with Gasteiger partial charge in [-0.25, -0.2) is 0 Å². The summed E-state index contributed by atoms with van der Waals surface area (Å²) in [5.74, 6) is -0.577. The highest BCUT2D eigenvalue weighted by Crippen LogP contribution is 2.19. The van der Waals surface area contributed by atoms with Crippen molar-refractivity contribution in [3.63, 3.8) is 0 Å². The number of carbonyl (C=O) groups excluding carboxylic acids is 1. The predicted octanol–water partition coefficient (Wildman–Crippen LogP) is 18.8. The number of allylic oxidation sites excluding steroid dienone is 2. The fourth-order valence-corrected chi connectivity index (χ4v) is 10.3. The average Bonchev–Trinajstić information content (AvgIpc) is 3.35. The van der Waals surface area contributed by atoms with Crippen molar-refractivity contribution in [3.8, 4) is 0 Å². The first-order valence-electron chi connectivity index (χ1n) is 31.6. The Morgan fingerprint density at radius 3 is 0.841 bits per heavy atom. The van der Waals surface area contributed by atoms with Crippen LogP contribution in [0.4, 0.5) is 0 Å². The molecule has 0 rings (SSSR count). The summed E-state index contributed by atoms with van der Waals surface area (Å²) in [6.45, 7) is 4.11. The van der Waals surface area contributed by atoms with Gasteiger partial charge in [-0.15, -0.1) is 0 Å². The Hall–Kier alpha value is -0.950. The molecule has 0 aromatic carbocycles. The average molecular weight is 977 g/mol. The molecule has 0 aliphatic carbocycles. The van der Waals surface area contributed by atoms with Crippen LogP contribution in [0.5, 0.6) is 0 Å². The van der Waals surface area contributed by atoms with Crippen molar-refractivity contribution in [2.24, 2.45) is 0 Å². The van der Waals surface area contributed by atoms with Crippen LogP contribution in [-0.4, -0.2) is 57.3 Å². The maximum absolute atomic E-state index is 12.6. The molecule has 0 aromatic rings. The van der Waals surface area contributed by atoms with E-state index in [1.165, 1.54) is 289 Å². The summed E-state index contributed by atoms with van der Waals surface area (Å²) in [6, 6.07) is -0.984. The van der Waals surface area contributed by atoms with E-state index in [1.807, 2.05) is 0 Å². The minimum atomic E-state index is -1.26. The summed E-state index contributed by atoms with van der Waals surface area (Å²) in [4.78, 5) is 12.6. The van der Waals surface area contributed by atoms with E-state index in [-0.39, 0.29) is 0 Å². The predicted molar refractivity (Wildman–Crippen MR) is 302 cm³/mol. The Balaban J connectivity index is 3.57. The molecule has 0 aliphatic rings. The summed E-state index contributed by atoms with van der Waals surface area (Å²) < 4.78 is 0. The molecular weight excluding hydrogens is 851 g/mol. The number of carbonyl (C=O) groups is 1. The molecule has 1 amide bonds. The van der Waals surface area contributed by atoms with Crippen LogP contribution in [0.3, 0.4) is 0 Å². The first-order chi connectivity index (χ1) is 34.0. The fourth-order valence-electron chi connectivity index (χ4n) is 10.3. The number of aliphatic hydroxyl groups is 4. The molecule has 0 heterocycles. The summed E-state index contributed by atoms with van der Waals surface area (Å²) >= 11 is 0. The zero-order valence-corrected chi connectivity index (χ0v) is 46.8. The van der Waals surface area contributed by atoms with Gasteiger partial charge < -0.3 is 25.7 Å². The molecule has 0 bridgehead atoms. The van der Waals surface area contributed by atoms with Crippen molar-refractivity contribution in [1.29, 1.82) is 0 Å². The second-order valence-electron chi connectivity index (χ2n) is 22.1. The number of rotatable bonds is 59. The van der Waals surface area contributed by atoms with Crippen molar-refractivity contribution in [2.75, 3.05) is 6.61 Å². The van der Waals surface area contributed by atoms with Crippen LogP contribution < -0.4 is 5.32 Å². The van der Waals surface area contributed by atoms with Gasteiger partial charge in [0.2, 0.25) is 5.91 Å². The summed E-state index contributed by atoms with van der Waals surface area (Å²) in [7, 11) is 0. The molecule has 0 aromatic heterocycles. The molecule has 0 aliphatic heterocycles. The van der Waals surface area contributed by atoms with E-state index in [9.17, 15) is 25.2 Å². The van der Waals surface area contributed by atoms with Crippen LogP contribution in [0.25, 0.3) is 0 Å². The molecule has 0 fully saturated rings. The second kappa shape index (κ2) is 57.9. The second-order valence-corrected chi connectivity index (χ2v) is 22.1. The number of hydrogen-bond acceptors (Lipinski definition) is 5. The van der Waals surface area contributed by atoms with Gasteiger partial charge in [0.05, 0.1) is 18.8 Å². The monoisotopic (exact) mass is 976 g/mol. The summed E-state index contributed by atoms with van der Waals surface area (Å²) in [6.07, 6.45) is 70.2. The van der Waals surface area contributed by atoms with Crippen LogP contribution in [0.1, 0.15) is 354 Å². The van der Waals surface area contributed by atoms with Gasteiger partial charge in [-0.2, -0.15) is 0 Å². The van der Waals surface area contributed by atoms with Crippen molar-refractivity contribution < 1.29 is 25.2 Å². The molecule has 0 saturated heterocycles. The number of nitrogens with one attached hydrogen (secondary N) is 1. The fraction of sp³-hybridized carbons (Fsp3) is 0.952. The molecule has 0 radical (unpaired) electrons. The van der Waals surface area contributed by atoms with Gasteiger partial charge in [0.15, 0.2) is 0 Å². The SMILES string of the molecule is CCCCCCCCCCCCCC/C=C\CCCCCCCCCCCCCC(O)C(=O)NC(CO)C(O)C(O)CCCCCCCCCCCCCCCCCCCCCCCCCCCC. The Bertz CT molecular complexity index is 1010. The molecule has 4 unspecified atom stereocenters. The van der Waals surface area contributed by atoms with Gasteiger partial charge in [0.25, 0.3) is 0 Å². The molecule has 4 atom stereocenters. The molecule has 0 spiro atoms. The van der Waals surface area contributed by atoms with Gasteiger partial charge in [0, 0.05) is 0 Å². The van der Waals surface area contributed by atoms with E-state index < -0.39 is 36.9 Å². The van der Waals surface area contributed by atoms with Gasteiger partial charge in [-0.1, -0.05) is 328 Å². The first-order valence-corrected chi connectivity index (χ1v) is 31.6. The van der Waals surface area contributed by atoms with E-state index in [1.54, 1.807) is 0 Å². The van der Waals surface area contributed by atoms with Crippen LogP contribution >= 0.6 is 0 Å². The van der Waals surface area contributed by atoms with Crippen molar-refractivity contribution >= 4 is 5.91 Å². The van der Waals surface area contributed by atoms with E-state index in [4.69, 9.17) is 0 Å². The van der Waals surface area contributed by atoms with Crippen molar-refractivity contribution in [2.45, 2.75) is 379 Å². The van der Waals surface area contributed by atoms with Gasteiger partial charge in [-0.3, -0.25) is 4.79 Å². The van der Waals surface area contributed by atoms with Crippen LogP contribution in [-0.2, 0) is 4.79 Å². The van der Waals surface area contributed by atoms with E-state index in [0.29, 0.717) is 12.8 Å². The zero-order valence-electron chi connectivity index (χ0n) is 46.8. The lowest BCUT2D eigenvalue weighted by molar-refractivity contribution is -0.132. The zero-order chi connectivity index (χ0) is 50.2. The lowest BCUT2D eigenvalue weighted by Crippen LogP contribution is -2.53. The number of unbranched alkanes of at least 4 members (excludes halogenated alkanes) is 48. The van der Waals surface area contributed by atoms with Crippen LogP contribution in [0.15, 0.2) is 12.2 Å². The first kappa shape index (κ1) is 68.0. The maximum atomic E-state index is 12.6. The standard InChI is InChI=1S/C63H125NO5/c1-3-5-7-9-11-13-15-17-19-21-23-25-27-29-31-33-35-37-39-41-43-45-47-49-51-53-55-57-61(67)63(69)64-59(58-65)62(68)60(66)56-54-52-50-48-46-44-42-40-38-36-34-32-30-28-26-24-22-20-18-16-14-12-10-8-6-4-2/h29,31,59-62,65-68H,3-28,30,32-58H2,1-2H3,(H,64,69)/b31-29-. The topological polar surface area (TPSA) is 110 Å². The number of amides is 1. The molecule has 412 valence electrons. The normalized spacial score (nSPS) is 13.7. The highest BCUT2D eigenvalue weighted by Gasteiger charge is 2.28. The summed E-state index contributed by atoms with van der Waals surface area (Å²) in [5, 5.41) is 44.2. The van der Waals surface area contributed by atoms with E-state index in [2.05, 4.69) is 31.3 Å². The quantitative estimate of drug-likeness (QED) is 0.0308. The lowest BCUT2D eigenvalue weighted by Gasteiger charge is -2.27. The molecule has 5 N–H and O–H groups in total. The minimum Gasteiger partial charge on any atom is -0.394 e. The largest absolute Gasteiger partial charge is 0.394 e. The van der Waals surface area contributed by atoms with Gasteiger partial charge in [-0.05, 0) is 38.5 Å². The van der Waals surface area contributed by atoms with Crippen molar-refractivity contribution in [3.05, 3.63) is 12.2 Å². The van der Waals surface area contributed by atoms with Crippen LogP contribution in [0.2, 0.25) is 0 Å². The Morgan fingerprint density at radius 1 is 0.348 bits per heavy atom. The smallest absolute Gasteiger partial charge is 0.249 e. The molecule has 69 heavy (non-hydrogen) atoms. The lowest BCUT2D eigenvalue weighted by atomic mass is 9.99. The third-order valence-corrected chi connectivity index (χ3v) is 15.2. The Morgan fingerprint density at radius 2 is 0.580 bits per heavy atom. The van der Waals surface area contributed by atoms with E-state index >= 15 is 0 Å². The maximum Gasteiger partial charge on any atom is 0.249 e. The van der Waals surface area contributed by atoms with Gasteiger partial charge >= 0.3 is 0 Å². The summed E-state index contributed by atoms with van der Waals surface area (Å²) in [5.41, 5.74) is 0. The Kier molecular flexibility index (Phi) is 57.1. The van der Waals surface area contributed by atoms with Crippen LogP contribution in [0, 0.1) is 0 Å². The van der Waals surface area contributed by atoms with E-state index in [0.717, 1.165) is 38.5 Å². The highest BCUT2D eigenvalue weighted by molar-refractivity contribution is 5.80.